The number of anilines is 2. The van der Waals surface area contributed by atoms with E-state index in [0.29, 0.717) is 30.0 Å². The topological polar surface area (TPSA) is 121 Å². The molecular formula is C25H29N4O5Y-. The summed E-state index contributed by atoms with van der Waals surface area (Å²) in [5.74, 6) is -0.402. The predicted octanol–water partition coefficient (Wildman–Crippen LogP) is 2.61. The number of aromatic carboxylic acids is 1. The summed E-state index contributed by atoms with van der Waals surface area (Å²) < 4.78 is 5.03. The molecule has 1 radical (unpaired) electrons. The van der Waals surface area contributed by atoms with Crippen molar-refractivity contribution in [2.75, 3.05) is 30.5 Å². The van der Waals surface area contributed by atoms with Crippen LogP contribution in [-0.4, -0.2) is 66.6 Å². The van der Waals surface area contributed by atoms with Crippen molar-refractivity contribution in [1.82, 2.24) is 10.3 Å². The van der Waals surface area contributed by atoms with Crippen LogP contribution in [0.15, 0.2) is 36.5 Å². The molecule has 0 spiro atoms. The van der Waals surface area contributed by atoms with Crippen LogP contribution < -0.4 is 15.5 Å². The molecule has 1 aromatic heterocycles. The van der Waals surface area contributed by atoms with Gasteiger partial charge in [-0.1, -0.05) is 12.3 Å². The van der Waals surface area contributed by atoms with Crippen molar-refractivity contribution in [1.29, 1.82) is 0 Å². The van der Waals surface area contributed by atoms with Crippen molar-refractivity contribution in [3.63, 3.8) is 0 Å². The largest absolute Gasteiger partial charge is 0.478 e. The second-order valence-electron chi connectivity index (χ2n) is 8.78. The molecule has 3 heterocycles. The van der Waals surface area contributed by atoms with E-state index in [0.717, 1.165) is 37.9 Å². The molecule has 2 aliphatic heterocycles. The van der Waals surface area contributed by atoms with Crippen LogP contribution in [-0.2, 0) is 42.2 Å². The summed E-state index contributed by atoms with van der Waals surface area (Å²) in [6.45, 7) is 1.10. The Hall–Kier alpha value is -2.36. The number of fused-ring (bicyclic) bond motifs is 2. The van der Waals surface area contributed by atoms with Gasteiger partial charge in [-0.15, -0.1) is 5.56 Å². The summed E-state index contributed by atoms with van der Waals surface area (Å²) >= 11 is 0. The van der Waals surface area contributed by atoms with E-state index in [1.807, 2.05) is 12.4 Å². The van der Waals surface area contributed by atoms with Gasteiger partial charge in [0.2, 0.25) is 0 Å². The van der Waals surface area contributed by atoms with E-state index < -0.39 is 5.97 Å². The Labute approximate surface area is 229 Å². The molecule has 2 aromatic rings. The SMILES string of the molecule is COCCCNc1cc(C(=O)NC2CC3CCC(C2)N3c2ccc([C-]=O)cn2)ccc1C(=O)O.[Y]. The number of pyridine rings is 1. The number of carbonyl (C=O) groups is 2. The zero-order valence-corrected chi connectivity index (χ0v) is 22.5. The second kappa shape index (κ2) is 12.6. The first-order valence-electron chi connectivity index (χ1n) is 11.5. The molecule has 0 aliphatic carbocycles. The number of amides is 1. The fourth-order valence-corrected chi connectivity index (χ4v) is 4.99. The summed E-state index contributed by atoms with van der Waals surface area (Å²) in [4.78, 5) is 42.1. The van der Waals surface area contributed by atoms with E-state index in [-0.39, 0.29) is 62.3 Å². The van der Waals surface area contributed by atoms with Crippen LogP contribution in [0, 0.1) is 0 Å². The number of ether oxygens (including phenoxy) is 1. The minimum Gasteiger partial charge on any atom is -0.478 e. The molecule has 3 N–H and O–H groups in total. The number of hydrogen-bond donors (Lipinski definition) is 3. The Balaban J connectivity index is 0.00000342. The van der Waals surface area contributed by atoms with Gasteiger partial charge in [0.25, 0.3) is 5.91 Å². The minimum absolute atomic E-state index is 0. The molecule has 2 saturated heterocycles. The van der Waals surface area contributed by atoms with Crippen LogP contribution in [0.5, 0.6) is 0 Å². The van der Waals surface area contributed by atoms with E-state index in [9.17, 15) is 19.5 Å². The number of hydrogen-bond acceptors (Lipinski definition) is 7. The van der Waals surface area contributed by atoms with Gasteiger partial charge in [0, 0.05) is 82.3 Å². The molecule has 2 bridgehead atoms. The average Bonchev–Trinajstić information content (AvgIpc) is 3.11. The smallest absolute Gasteiger partial charge is 0.337 e. The van der Waals surface area contributed by atoms with Crippen molar-refractivity contribution in [3.05, 3.63) is 53.2 Å². The summed E-state index contributed by atoms with van der Waals surface area (Å²) in [5, 5.41) is 15.7. The fraction of sp³-hybridized carbons (Fsp3) is 0.440. The molecule has 2 aliphatic rings. The van der Waals surface area contributed by atoms with Crippen LogP contribution in [0.3, 0.4) is 0 Å². The third-order valence-electron chi connectivity index (χ3n) is 6.55. The molecule has 2 atom stereocenters. The third kappa shape index (κ3) is 6.45. The van der Waals surface area contributed by atoms with Crippen LogP contribution in [0.2, 0.25) is 0 Å². The van der Waals surface area contributed by atoms with Gasteiger partial charge in [-0.2, -0.15) is 6.07 Å². The van der Waals surface area contributed by atoms with Crippen LogP contribution in [0.4, 0.5) is 11.5 Å². The Morgan fingerprint density at radius 3 is 2.54 bits per heavy atom. The number of methoxy groups -OCH3 is 1. The van der Waals surface area contributed by atoms with Crippen molar-refractivity contribution in [3.8, 4) is 0 Å². The third-order valence-corrected chi connectivity index (χ3v) is 6.55. The summed E-state index contributed by atoms with van der Waals surface area (Å²) in [5.41, 5.74) is 1.41. The first kappa shape index (κ1) is 27.2. The molecule has 1 amide bonds. The Morgan fingerprint density at radius 1 is 1.20 bits per heavy atom. The second-order valence-corrected chi connectivity index (χ2v) is 8.78. The zero-order chi connectivity index (χ0) is 24.1. The van der Waals surface area contributed by atoms with Gasteiger partial charge in [-0.25, -0.2) is 4.79 Å². The molecule has 4 rings (SSSR count). The molecule has 10 heteroatoms. The van der Waals surface area contributed by atoms with Crippen LogP contribution in [0.25, 0.3) is 0 Å². The standard InChI is InChI=1S/C25H29N4O5.Y/c1-34-10-2-9-26-22-11-17(4-7-21(22)25(32)33)24(31)28-18-12-19-5-6-20(13-18)29(19)23-8-3-16(15-30)14-27-23;/h3-4,7-8,11,14,18-20,26H,2,5-6,9-10,12-13H2,1H3,(H,28,31)(H,32,33);/q-1;. The molecule has 2 fully saturated rings. The van der Waals surface area contributed by atoms with Gasteiger partial charge in [0.05, 0.1) is 11.8 Å². The first-order valence-corrected chi connectivity index (χ1v) is 11.5. The van der Waals surface area contributed by atoms with E-state index in [1.54, 1.807) is 25.3 Å². The number of rotatable bonds is 10. The number of benzene rings is 1. The molecule has 1 aromatic carbocycles. The van der Waals surface area contributed by atoms with Gasteiger partial charge >= 0.3 is 5.97 Å². The quantitative estimate of drug-likeness (QED) is 0.303. The molecule has 2 unspecified atom stereocenters. The predicted molar refractivity (Wildman–Crippen MR) is 127 cm³/mol. The molecule has 183 valence electrons. The van der Waals surface area contributed by atoms with Crippen LogP contribution >= 0.6 is 0 Å². The molecule has 0 saturated carbocycles. The van der Waals surface area contributed by atoms with E-state index in [2.05, 4.69) is 20.5 Å². The maximum Gasteiger partial charge on any atom is 0.337 e. The van der Waals surface area contributed by atoms with Gasteiger partial charge in [0.1, 0.15) is 5.82 Å². The minimum atomic E-state index is -1.04. The number of carboxylic acids is 1. The monoisotopic (exact) mass is 554 g/mol. The van der Waals surface area contributed by atoms with E-state index in [4.69, 9.17) is 4.74 Å². The van der Waals surface area contributed by atoms with Crippen molar-refractivity contribution in [2.24, 2.45) is 0 Å². The number of nitrogens with one attached hydrogen (secondary N) is 2. The van der Waals surface area contributed by atoms with Gasteiger partial charge in [-0.05, 0) is 50.3 Å². The van der Waals surface area contributed by atoms with Crippen molar-refractivity contribution in [2.45, 2.75) is 50.2 Å². The maximum absolute atomic E-state index is 13.0. The summed E-state index contributed by atoms with van der Waals surface area (Å²) in [6.07, 6.45) is 7.78. The average molecular weight is 554 g/mol. The summed E-state index contributed by atoms with van der Waals surface area (Å²) in [6, 6.07) is 8.78. The number of carbonyl (C=O) groups excluding carboxylic acids is 2. The molecule has 9 nitrogen and oxygen atoms in total. The van der Waals surface area contributed by atoms with Crippen molar-refractivity contribution < 1.29 is 56.9 Å². The fourth-order valence-electron chi connectivity index (χ4n) is 4.99. The Kier molecular flexibility index (Phi) is 9.77. The summed E-state index contributed by atoms with van der Waals surface area (Å²) in [7, 11) is 1.61. The van der Waals surface area contributed by atoms with Crippen molar-refractivity contribution >= 4 is 29.7 Å². The van der Waals surface area contributed by atoms with Gasteiger partial charge in [-0.3, -0.25) is 4.79 Å². The van der Waals surface area contributed by atoms with E-state index in [1.165, 1.54) is 12.3 Å². The number of aromatic nitrogens is 1. The maximum atomic E-state index is 13.0. The van der Waals surface area contributed by atoms with Gasteiger partial charge in [0.15, 0.2) is 0 Å². The number of nitrogens with zero attached hydrogens (tertiary/aromatic N) is 2. The zero-order valence-electron chi connectivity index (χ0n) is 19.7. The Morgan fingerprint density at radius 2 is 1.94 bits per heavy atom. The first-order chi connectivity index (χ1) is 16.5. The number of piperidine rings is 1. The van der Waals surface area contributed by atoms with Gasteiger partial charge < -0.3 is 35.2 Å². The van der Waals surface area contributed by atoms with E-state index >= 15 is 0 Å². The molecule has 35 heavy (non-hydrogen) atoms. The number of carboxylic acid groups (broad SMARTS) is 1. The van der Waals surface area contributed by atoms with Crippen LogP contribution in [0.1, 0.15) is 58.4 Å². The Bertz CT molecular complexity index is 1030. The normalized spacial score (nSPS) is 20.6. The molecular weight excluding hydrogens is 525 g/mol.